The van der Waals surface area contributed by atoms with Crippen LogP contribution in [0.15, 0.2) is 40.9 Å². The van der Waals surface area contributed by atoms with Crippen molar-refractivity contribution in [3.05, 3.63) is 51.7 Å². The number of benzene rings is 2. The Morgan fingerprint density at radius 3 is 2.76 bits per heavy atom. The largest absolute Gasteiger partial charge is 0.398 e. The molecule has 0 saturated heterocycles. The number of rotatable bonds is 2. The van der Waals surface area contributed by atoms with Crippen LogP contribution in [0.4, 0.5) is 10.1 Å². The molecular formula is C13H8BrClFN5. The maximum absolute atomic E-state index is 14.0. The zero-order valence-electron chi connectivity index (χ0n) is 10.5. The molecule has 3 rings (SSSR count). The number of hydrogen-bond donors (Lipinski definition) is 1. The molecule has 0 saturated carbocycles. The van der Waals surface area contributed by atoms with Crippen molar-refractivity contribution in [1.82, 2.24) is 20.2 Å². The minimum atomic E-state index is -0.437. The van der Waals surface area contributed by atoms with Gasteiger partial charge in [0.05, 0.1) is 10.7 Å². The normalized spacial score (nSPS) is 10.8. The SMILES string of the molecule is Nc1ccc(-c2nnnn2-c2cc(Br)ccc2F)cc1Cl. The van der Waals surface area contributed by atoms with Gasteiger partial charge < -0.3 is 5.73 Å². The van der Waals surface area contributed by atoms with Crippen molar-refractivity contribution in [2.45, 2.75) is 0 Å². The van der Waals surface area contributed by atoms with Gasteiger partial charge in [-0.25, -0.2) is 4.39 Å². The van der Waals surface area contributed by atoms with Gasteiger partial charge in [-0.2, -0.15) is 4.68 Å². The Kier molecular flexibility index (Phi) is 3.60. The first-order valence-corrected chi connectivity index (χ1v) is 7.02. The van der Waals surface area contributed by atoms with Gasteiger partial charge >= 0.3 is 0 Å². The summed E-state index contributed by atoms with van der Waals surface area (Å²) in [6.45, 7) is 0. The van der Waals surface area contributed by atoms with Crippen molar-refractivity contribution < 1.29 is 4.39 Å². The standard InChI is InChI=1S/C13H8BrClFN5/c14-8-2-3-10(16)12(6-8)21-13(18-19-20-21)7-1-4-11(17)9(15)5-7/h1-6H,17H2. The van der Waals surface area contributed by atoms with E-state index in [1.807, 2.05) is 0 Å². The van der Waals surface area contributed by atoms with Crippen molar-refractivity contribution in [3.63, 3.8) is 0 Å². The molecule has 0 fully saturated rings. The van der Waals surface area contributed by atoms with Crippen LogP contribution in [0.2, 0.25) is 5.02 Å². The van der Waals surface area contributed by atoms with Crippen molar-refractivity contribution in [1.29, 1.82) is 0 Å². The summed E-state index contributed by atoms with van der Waals surface area (Å²) in [5, 5.41) is 11.8. The molecule has 2 N–H and O–H groups in total. The van der Waals surface area contributed by atoms with Crippen LogP contribution in [0.25, 0.3) is 17.1 Å². The maximum Gasteiger partial charge on any atom is 0.187 e. The highest BCUT2D eigenvalue weighted by Gasteiger charge is 2.15. The van der Waals surface area contributed by atoms with Crippen LogP contribution in [0.3, 0.4) is 0 Å². The Labute approximate surface area is 132 Å². The average Bonchev–Trinajstić information content (AvgIpc) is 2.93. The maximum atomic E-state index is 14.0. The predicted molar refractivity (Wildman–Crippen MR) is 81.7 cm³/mol. The number of anilines is 1. The molecule has 1 heterocycles. The summed E-state index contributed by atoms with van der Waals surface area (Å²) < 4.78 is 16.0. The Morgan fingerprint density at radius 1 is 1.19 bits per heavy atom. The molecule has 0 spiro atoms. The molecular weight excluding hydrogens is 361 g/mol. The summed E-state index contributed by atoms with van der Waals surface area (Å²) in [6, 6.07) is 9.53. The van der Waals surface area contributed by atoms with Gasteiger partial charge in [0, 0.05) is 10.0 Å². The first kappa shape index (κ1) is 14.0. The van der Waals surface area contributed by atoms with Crippen LogP contribution in [0, 0.1) is 5.82 Å². The van der Waals surface area contributed by atoms with Gasteiger partial charge in [-0.1, -0.05) is 27.5 Å². The Hall–Kier alpha value is -1.99. The molecule has 0 atom stereocenters. The van der Waals surface area contributed by atoms with E-state index in [0.717, 1.165) is 4.47 Å². The first-order valence-electron chi connectivity index (χ1n) is 5.85. The molecule has 0 aliphatic heterocycles. The van der Waals surface area contributed by atoms with E-state index >= 15 is 0 Å². The Balaban J connectivity index is 2.17. The molecule has 5 nitrogen and oxygen atoms in total. The summed E-state index contributed by atoms with van der Waals surface area (Å²) in [4.78, 5) is 0. The fraction of sp³-hybridized carbons (Fsp3) is 0. The highest BCUT2D eigenvalue weighted by atomic mass is 79.9. The van der Waals surface area contributed by atoms with Crippen molar-refractivity contribution >= 4 is 33.2 Å². The fourth-order valence-corrected chi connectivity index (χ4v) is 2.37. The third-order valence-electron chi connectivity index (χ3n) is 2.86. The molecule has 0 bridgehead atoms. The summed E-state index contributed by atoms with van der Waals surface area (Å²) >= 11 is 9.30. The Bertz CT molecular complexity index is 820. The third kappa shape index (κ3) is 2.62. The van der Waals surface area contributed by atoms with Crippen molar-refractivity contribution in [3.8, 4) is 17.1 Å². The van der Waals surface area contributed by atoms with E-state index in [-0.39, 0.29) is 5.69 Å². The van der Waals surface area contributed by atoms with E-state index in [1.54, 1.807) is 30.3 Å². The number of nitrogens with two attached hydrogens (primary N) is 1. The van der Waals surface area contributed by atoms with Crippen LogP contribution >= 0.6 is 27.5 Å². The molecule has 1 aromatic heterocycles. The van der Waals surface area contributed by atoms with Gasteiger partial charge in [-0.3, -0.25) is 0 Å². The number of aromatic nitrogens is 4. The minimum Gasteiger partial charge on any atom is -0.398 e. The first-order chi connectivity index (χ1) is 10.1. The van der Waals surface area contributed by atoms with Crippen LogP contribution in [0.5, 0.6) is 0 Å². The molecule has 0 radical (unpaired) electrons. The van der Waals surface area contributed by atoms with Gasteiger partial charge in [0.25, 0.3) is 0 Å². The molecule has 0 aliphatic carbocycles. The van der Waals surface area contributed by atoms with E-state index < -0.39 is 5.82 Å². The lowest BCUT2D eigenvalue weighted by Crippen LogP contribution is -2.03. The number of hydrogen-bond acceptors (Lipinski definition) is 4. The average molecular weight is 369 g/mol. The topological polar surface area (TPSA) is 69.6 Å². The van der Waals surface area contributed by atoms with Crippen molar-refractivity contribution in [2.24, 2.45) is 0 Å². The van der Waals surface area contributed by atoms with Crippen LogP contribution < -0.4 is 5.73 Å². The second-order valence-electron chi connectivity index (χ2n) is 4.25. The second kappa shape index (κ2) is 5.42. The number of tetrazole rings is 1. The zero-order chi connectivity index (χ0) is 15.0. The second-order valence-corrected chi connectivity index (χ2v) is 5.57. The molecule has 21 heavy (non-hydrogen) atoms. The summed E-state index contributed by atoms with van der Waals surface area (Å²) in [6.07, 6.45) is 0. The van der Waals surface area contributed by atoms with Crippen LogP contribution in [-0.4, -0.2) is 20.2 Å². The van der Waals surface area contributed by atoms with Crippen LogP contribution in [0.1, 0.15) is 0 Å². The Morgan fingerprint density at radius 2 is 2.00 bits per heavy atom. The van der Waals surface area contributed by atoms with Gasteiger partial charge in [0.1, 0.15) is 11.5 Å². The van der Waals surface area contributed by atoms with E-state index in [1.165, 1.54) is 10.7 Å². The van der Waals surface area contributed by atoms with Crippen molar-refractivity contribution in [2.75, 3.05) is 5.73 Å². The third-order valence-corrected chi connectivity index (χ3v) is 3.69. The lowest BCUT2D eigenvalue weighted by molar-refractivity contribution is 0.607. The summed E-state index contributed by atoms with van der Waals surface area (Å²) in [5.74, 6) is -0.0674. The number of nitrogens with zero attached hydrogens (tertiary/aromatic N) is 4. The molecule has 2 aromatic carbocycles. The minimum absolute atomic E-state index is 0.234. The lowest BCUT2D eigenvalue weighted by Gasteiger charge is -2.07. The molecule has 3 aromatic rings. The smallest absolute Gasteiger partial charge is 0.187 e. The van der Waals surface area contributed by atoms with E-state index in [2.05, 4.69) is 31.5 Å². The van der Waals surface area contributed by atoms with Gasteiger partial charge in [-0.05, 0) is 46.8 Å². The number of halogens is 3. The van der Waals surface area contributed by atoms with E-state index in [4.69, 9.17) is 17.3 Å². The molecule has 0 unspecified atom stereocenters. The lowest BCUT2D eigenvalue weighted by atomic mass is 10.2. The van der Waals surface area contributed by atoms with Gasteiger partial charge in [0.15, 0.2) is 5.82 Å². The molecule has 8 heteroatoms. The monoisotopic (exact) mass is 367 g/mol. The molecule has 106 valence electrons. The highest BCUT2D eigenvalue weighted by Crippen LogP contribution is 2.28. The molecule has 0 aliphatic rings. The van der Waals surface area contributed by atoms with E-state index in [9.17, 15) is 4.39 Å². The zero-order valence-corrected chi connectivity index (χ0v) is 12.8. The molecule has 0 amide bonds. The summed E-state index contributed by atoms with van der Waals surface area (Å²) in [5.41, 5.74) is 7.00. The predicted octanol–water partition coefficient (Wildman–Crippen LogP) is 3.47. The quantitative estimate of drug-likeness (QED) is 0.703. The highest BCUT2D eigenvalue weighted by molar-refractivity contribution is 9.10. The summed E-state index contributed by atoms with van der Waals surface area (Å²) in [7, 11) is 0. The van der Waals surface area contributed by atoms with Crippen LogP contribution in [-0.2, 0) is 0 Å². The number of nitrogen functional groups attached to an aromatic ring is 1. The van der Waals surface area contributed by atoms with Gasteiger partial charge in [0.2, 0.25) is 0 Å². The fourth-order valence-electron chi connectivity index (χ4n) is 1.84. The van der Waals surface area contributed by atoms with E-state index in [0.29, 0.717) is 22.1 Å². The van der Waals surface area contributed by atoms with Gasteiger partial charge in [-0.15, -0.1) is 5.10 Å².